The van der Waals surface area contributed by atoms with Gasteiger partial charge in [-0.05, 0) is 25.6 Å². The molecule has 0 bridgehead atoms. The zero-order valence-corrected chi connectivity index (χ0v) is 15.9. The third-order valence-corrected chi connectivity index (χ3v) is 5.36. The zero-order valence-electron chi connectivity index (χ0n) is 15.1. The minimum atomic E-state index is -0.347. The number of esters is 1. The maximum Gasteiger partial charge on any atom is 0.338 e. The maximum absolute atomic E-state index is 12.7. The average Bonchev–Trinajstić information content (AvgIpc) is 3.14. The molecule has 1 unspecified atom stereocenters. The predicted octanol–water partition coefficient (Wildman–Crippen LogP) is 4.13. The van der Waals surface area contributed by atoms with E-state index in [-0.39, 0.29) is 12.0 Å². The maximum atomic E-state index is 12.7. The van der Waals surface area contributed by atoms with Crippen molar-refractivity contribution >= 4 is 33.6 Å². The lowest BCUT2D eigenvalue weighted by Crippen LogP contribution is -2.38. The van der Waals surface area contributed by atoms with Crippen molar-refractivity contribution in [3.05, 3.63) is 77.4 Å². The van der Waals surface area contributed by atoms with E-state index >= 15 is 0 Å². The van der Waals surface area contributed by atoms with Crippen molar-refractivity contribution < 1.29 is 9.53 Å². The van der Waals surface area contributed by atoms with E-state index in [1.54, 1.807) is 6.92 Å². The summed E-state index contributed by atoms with van der Waals surface area (Å²) in [6.07, 6.45) is 0. The van der Waals surface area contributed by atoms with Crippen LogP contribution in [0.2, 0.25) is 0 Å². The van der Waals surface area contributed by atoms with Gasteiger partial charge in [0.05, 0.1) is 23.9 Å². The monoisotopic (exact) mass is 377 g/mol. The molecule has 0 aliphatic carbocycles. The van der Waals surface area contributed by atoms with Crippen LogP contribution < -0.4 is 0 Å². The van der Waals surface area contributed by atoms with Crippen molar-refractivity contribution in [1.29, 1.82) is 0 Å². The van der Waals surface area contributed by atoms with Crippen molar-refractivity contribution in [2.24, 2.45) is 10.1 Å². The first kappa shape index (κ1) is 17.5. The average molecular weight is 377 g/mol. The fourth-order valence-corrected chi connectivity index (χ4v) is 4.07. The number of benzene rings is 2. The third-order valence-electron chi connectivity index (χ3n) is 4.39. The summed E-state index contributed by atoms with van der Waals surface area (Å²) in [5.74, 6) is -0.347. The van der Waals surface area contributed by atoms with Gasteiger partial charge in [-0.3, -0.25) is 0 Å². The summed E-state index contributed by atoms with van der Waals surface area (Å²) in [6, 6.07) is 19.5. The van der Waals surface area contributed by atoms with E-state index < -0.39 is 0 Å². The Hall–Kier alpha value is -2.86. The van der Waals surface area contributed by atoms with Crippen LogP contribution in [0.25, 0.3) is 5.70 Å². The van der Waals surface area contributed by atoms with Crippen LogP contribution in [0.5, 0.6) is 0 Å². The molecule has 2 heterocycles. The minimum Gasteiger partial charge on any atom is -0.463 e. The molecule has 2 aromatic carbocycles. The Morgan fingerprint density at radius 3 is 2.33 bits per heavy atom. The lowest BCUT2D eigenvalue weighted by atomic mass is 10.00. The Morgan fingerprint density at radius 2 is 1.70 bits per heavy atom. The van der Waals surface area contributed by atoms with Gasteiger partial charge in [-0.1, -0.05) is 60.7 Å². The summed E-state index contributed by atoms with van der Waals surface area (Å²) in [4.78, 5) is 17.5. The van der Waals surface area contributed by atoms with Crippen LogP contribution in [-0.4, -0.2) is 33.8 Å². The molecule has 0 aromatic heterocycles. The van der Waals surface area contributed by atoms with E-state index in [1.165, 1.54) is 11.8 Å². The second kappa shape index (κ2) is 7.40. The number of hydrazone groups is 1. The SMILES string of the molecule is CCOC(=O)C1=C(c2ccccc2)N=C2SC(c3ccccc3)=NN2C1C. The van der Waals surface area contributed by atoms with Gasteiger partial charge in [0, 0.05) is 11.1 Å². The van der Waals surface area contributed by atoms with E-state index in [1.807, 2.05) is 72.6 Å². The molecule has 0 spiro atoms. The van der Waals surface area contributed by atoms with Gasteiger partial charge in [-0.15, -0.1) is 0 Å². The second-order valence-corrected chi connectivity index (χ2v) is 7.09. The van der Waals surface area contributed by atoms with Gasteiger partial charge in [-0.25, -0.2) is 14.8 Å². The van der Waals surface area contributed by atoms with Crippen LogP contribution in [0, 0.1) is 0 Å². The van der Waals surface area contributed by atoms with Crippen molar-refractivity contribution in [1.82, 2.24) is 5.01 Å². The van der Waals surface area contributed by atoms with Gasteiger partial charge >= 0.3 is 5.97 Å². The summed E-state index contributed by atoms with van der Waals surface area (Å²) in [7, 11) is 0. The van der Waals surface area contributed by atoms with Crippen LogP contribution in [-0.2, 0) is 9.53 Å². The zero-order chi connectivity index (χ0) is 18.8. The lowest BCUT2D eigenvalue weighted by Gasteiger charge is -2.29. The summed E-state index contributed by atoms with van der Waals surface area (Å²) in [5.41, 5.74) is 3.12. The van der Waals surface area contributed by atoms with E-state index in [0.29, 0.717) is 17.9 Å². The quantitative estimate of drug-likeness (QED) is 0.752. The summed E-state index contributed by atoms with van der Waals surface area (Å²) >= 11 is 1.52. The number of hydrogen-bond acceptors (Lipinski definition) is 6. The van der Waals surface area contributed by atoms with Crippen molar-refractivity contribution in [2.45, 2.75) is 19.9 Å². The Labute approximate surface area is 162 Å². The molecule has 27 heavy (non-hydrogen) atoms. The van der Waals surface area contributed by atoms with Crippen LogP contribution in [0.1, 0.15) is 25.0 Å². The number of fused-ring (bicyclic) bond motifs is 1. The molecule has 2 aliphatic heterocycles. The molecule has 0 radical (unpaired) electrons. The normalized spacial score (nSPS) is 18.7. The molecule has 0 saturated carbocycles. The Morgan fingerprint density at radius 1 is 1.07 bits per heavy atom. The molecule has 0 fully saturated rings. The number of thioether (sulfide) groups is 1. The fourth-order valence-electron chi connectivity index (χ4n) is 3.09. The van der Waals surface area contributed by atoms with Gasteiger partial charge in [0.1, 0.15) is 5.04 Å². The molecule has 136 valence electrons. The number of rotatable bonds is 4. The smallest absolute Gasteiger partial charge is 0.338 e. The number of hydrogen-bond donors (Lipinski definition) is 0. The Bertz CT molecular complexity index is 952. The summed E-state index contributed by atoms with van der Waals surface area (Å²) in [6.45, 7) is 4.09. The number of ether oxygens (including phenoxy) is 1. The molecular formula is C21H19N3O2S. The van der Waals surface area contributed by atoms with E-state index in [9.17, 15) is 4.79 Å². The summed E-state index contributed by atoms with van der Waals surface area (Å²) < 4.78 is 5.32. The molecule has 6 heteroatoms. The predicted molar refractivity (Wildman–Crippen MR) is 109 cm³/mol. The number of amidine groups is 1. The Kier molecular flexibility index (Phi) is 4.81. The highest BCUT2D eigenvalue weighted by Gasteiger charge is 2.38. The fraction of sp³-hybridized carbons (Fsp3) is 0.190. The first-order valence-electron chi connectivity index (χ1n) is 8.85. The first-order chi connectivity index (χ1) is 13.2. The highest BCUT2D eigenvalue weighted by Crippen LogP contribution is 2.37. The standard InChI is InChI=1S/C21H19N3O2S/c1-3-26-20(25)17-14(2)24-21(22-18(17)15-10-6-4-7-11-15)27-19(23-24)16-12-8-5-9-13-16/h4-14H,3H2,1-2H3. The molecule has 1 atom stereocenters. The third kappa shape index (κ3) is 3.28. The highest BCUT2D eigenvalue weighted by molar-refractivity contribution is 8.27. The lowest BCUT2D eigenvalue weighted by molar-refractivity contribution is -0.139. The van der Waals surface area contributed by atoms with Crippen molar-refractivity contribution in [3.63, 3.8) is 0 Å². The van der Waals surface area contributed by atoms with Crippen molar-refractivity contribution in [2.75, 3.05) is 6.61 Å². The molecule has 2 aromatic rings. The van der Waals surface area contributed by atoms with Crippen LogP contribution in [0.15, 0.2) is 76.3 Å². The second-order valence-electron chi connectivity index (χ2n) is 6.14. The summed E-state index contributed by atoms with van der Waals surface area (Å²) in [5, 5.41) is 8.18. The molecule has 2 aliphatic rings. The number of nitrogens with zero attached hydrogens (tertiary/aromatic N) is 3. The first-order valence-corrected chi connectivity index (χ1v) is 9.67. The minimum absolute atomic E-state index is 0.263. The van der Waals surface area contributed by atoms with Gasteiger partial charge in [0.25, 0.3) is 0 Å². The number of aliphatic imine (C=N–C) groups is 1. The molecule has 0 amide bonds. The van der Waals surface area contributed by atoms with E-state index in [2.05, 4.69) is 0 Å². The van der Waals surface area contributed by atoms with E-state index in [0.717, 1.165) is 21.3 Å². The van der Waals surface area contributed by atoms with Gasteiger partial charge in [0.15, 0.2) is 5.17 Å². The molecule has 0 saturated heterocycles. The van der Waals surface area contributed by atoms with Crippen LogP contribution in [0.3, 0.4) is 0 Å². The number of carbonyl (C=O) groups is 1. The van der Waals surface area contributed by atoms with E-state index in [4.69, 9.17) is 14.8 Å². The topological polar surface area (TPSA) is 54.3 Å². The van der Waals surface area contributed by atoms with Crippen molar-refractivity contribution in [3.8, 4) is 0 Å². The number of carbonyl (C=O) groups excluding carboxylic acids is 1. The largest absolute Gasteiger partial charge is 0.463 e. The highest BCUT2D eigenvalue weighted by atomic mass is 32.2. The van der Waals surface area contributed by atoms with Gasteiger partial charge in [-0.2, -0.15) is 5.10 Å². The van der Waals surface area contributed by atoms with Crippen LogP contribution >= 0.6 is 11.8 Å². The van der Waals surface area contributed by atoms with Crippen LogP contribution in [0.4, 0.5) is 0 Å². The Balaban J connectivity index is 1.78. The van der Waals surface area contributed by atoms with Gasteiger partial charge < -0.3 is 4.74 Å². The molecular weight excluding hydrogens is 358 g/mol. The van der Waals surface area contributed by atoms with Gasteiger partial charge in [0.2, 0.25) is 0 Å². The molecule has 4 rings (SSSR count). The molecule has 5 nitrogen and oxygen atoms in total. The molecule has 0 N–H and O–H groups in total.